The number of aromatic nitrogens is 2. The van der Waals surface area contributed by atoms with E-state index in [2.05, 4.69) is 15.3 Å². The number of nitrogens with zero attached hydrogens (tertiary/aromatic N) is 1. The summed E-state index contributed by atoms with van der Waals surface area (Å²) in [4.78, 5) is 28.9. The molecule has 0 aliphatic carbocycles. The van der Waals surface area contributed by atoms with E-state index in [0.717, 1.165) is 19.0 Å². The molecule has 6 nitrogen and oxygen atoms in total. The van der Waals surface area contributed by atoms with Crippen LogP contribution in [0, 0.1) is 0 Å². The lowest BCUT2D eigenvalue weighted by molar-refractivity contribution is 0.0889. The van der Waals surface area contributed by atoms with Crippen molar-refractivity contribution < 1.29 is 4.79 Å². The van der Waals surface area contributed by atoms with Crippen LogP contribution < -0.4 is 16.6 Å². The van der Waals surface area contributed by atoms with Gasteiger partial charge in [0.25, 0.3) is 11.5 Å². The molecule has 0 unspecified atom stereocenters. The number of carbonyl (C=O) groups excluding carboxylic acids is 1. The summed E-state index contributed by atoms with van der Waals surface area (Å²) in [6.07, 6.45) is 3.87. The fraction of sp³-hybridized carbons (Fsp3) is 0.545. The lowest BCUT2D eigenvalue weighted by Gasteiger charge is -2.31. The molecule has 0 fully saturated rings. The van der Waals surface area contributed by atoms with Gasteiger partial charge in [-0.2, -0.15) is 0 Å². The zero-order valence-corrected chi connectivity index (χ0v) is 10.1. The van der Waals surface area contributed by atoms with Gasteiger partial charge in [0.1, 0.15) is 5.69 Å². The van der Waals surface area contributed by atoms with Crippen LogP contribution in [0.5, 0.6) is 0 Å². The third-order valence-corrected chi connectivity index (χ3v) is 3.03. The average Bonchev–Trinajstić information content (AvgIpc) is 2.37. The Morgan fingerprint density at radius 2 is 2.18 bits per heavy atom. The minimum atomic E-state index is -0.408. The molecular weight excluding hydrogens is 220 g/mol. The van der Waals surface area contributed by atoms with Crippen LogP contribution >= 0.6 is 0 Å². The van der Waals surface area contributed by atoms with Crippen LogP contribution in [-0.4, -0.2) is 28.0 Å². The van der Waals surface area contributed by atoms with Gasteiger partial charge >= 0.3 is 0 Å². The predicted octanol–water partition coefficient (Wildman–Crippen LogP) is 0.0172. The molecule has 0 spiro atoms. The number of H-pyrrole nitrogens is 1. The fourth-order valence-electron chi connectivity index (χ4n) is 1.54. The van der Waals surface area contributed by atoms with E-state index in [-0.39, 0.29) is 17.2 Å². The van der Waals surface area contributed by atoms with Gasteiger partial charge in [0.2, 0.25) is 0 Å². The molecule has 0 bridgehead atoms. The molecular formula is C11H18N4O2. The number of rotatable bonds is 5. The largest absolute Gasteiger partial charge is 0.344 e. The summed E-state index contributed by atoms with van der Waals surface area (Å²) in [5.74, 6) is -0.324. The molecule has 4 N–H and O–H groups in total. The van der Waals surface area contributed by atoms with Crippen LogP contribution in [0.3, 0.4) is 0 Å². The lowest BCUT2D eigenvalue weighted by atomic mass is 9.93. The van der Waals surface area contributed by atoms with Crippen LogP contribution in [0.2, 0.25) is 0 Å². The van der Waals surface area contributed by atoms with Crippen LogP contribution in [0.25, 0.3) is 0 Å². The molecule has 0 saturated carbocycles. The molecule has 0 aliphatic heterocycles. The molecule has 0 saturated heterocycles. The summed E-state index contributed by atoms with van der Waals surface area (Å²) >= 11 is 0. The molecule has 1 aromatic heterocycles. The second kappa shape index (κ2) is 5.58. The SMILES string of the molecule is CCC(CC)(CN)NC(=O)c1c[nH]c(=O)cn1. The number of aromatic amines is 1. The number of nitrogens with two attached hydrogens (primary N) is 1. The maximum atomic E-state index is 11.9. The summed E-state index contributed by atoms with van der Waals surface area (Å²) in [5, 5.41) is 2.87. The quantitative estimate of drug-likeness (QED) is 0.673. The Balaban J connectivity index is 2.84. The first kappa shape index (κ1) is 13.4. The van der Waals surface area contributed by atoms with Crippen LogP contribution in [0.1, 0.15) is 37.2 Å². The molecule has 17 heavy (non-hydrogen) atoms. The summed E-state index contributed by atoms with van der Waals surface area (Å²) in [6, 6.07) is 0. The summed E-state index contributed by atoms with van der Waals surface area (Å²) in [7, 11) is 0. The molecule has 94 valence electrons. The Morgan fingerprint density at radius 1 is 1.53 bits per heavy atom. The first-order valence-electron chi connectivity index (χ1n) is 5.64. The highest BCUT2D eigenvalue weighted by molar-refractivity contribution is 5.92. The van der Waals surface area contributed by atoms with Crippen molar-refractivity contribution in [3.8, 4) is 0 Å². The average molecular weight is 238 g/mol. The summed E-state index contributed by atoms with van der Waals surface area (Å²) in [6.45, 7) is 4.31. The van der Waals surface area contributed by atoms with Crippen molar-refractivity contribution in [1.82, 2.24) is 15.3 Å². The molecule has 6 heteroatoms. The Hall–Kier alpha value is -1.69. The van der Waals surface area contributed by atoms with Crippen LogP contribution in [0.4, 0.5) is 0 Å². The number of amides is 1. The first-order chi connectivity index (χ1) is 8.06. The van der Waals surface area contributed by atoms with E-state index < -0.39 is 5.54 Å². The Kier molecular flexibility index (Phi) is 4.39. The maximum absolute atomic E-state index is 11.9. The van der Waals surface area contributed by atoms with Gasteiger partial charge in [-0.1, -0.05) is 13.8 Å². The molecule has 0 atom stereocenters. The summed E-state index contributed by atoms with van der Waals surface area (Å²) in [5.41, 5.74) is 5.13. The van der Waals surface area contributed by atoms with Gasteiger partial charge < -0.3 is 16.0 Å². The van der Waals surface area contributed by atoms with E-state index in [1.54, 1.807) is 0 Å². The molecule has 1 aromatic rings. The normalized spacial score (nSPS) is 11.2. The van der Waals surface area contributed by atoms with Crippen molar-refractivity contribution in [2.45, 2.75) is 32.2 Å². The third-order valence-electron chi connectivity index (χ3n) is 3.03. The number of hydrogen-bond donors (Lipinski definition) is 3. The number of nitrogens with one attached hydrogen (secondary N) is 2. The Bertz CT molecular complexity index is 409. The highest BCUT2D eigenvalue weighted by Gasteiger charge is 2.27. The zero-order chi connectivity index (χ0) is 12.9. The smallest absolute Gasteiger partial charge is 0.271 e. The van der Waals surface area contributed by atoms with Crippen molar-refractivity contribution >= 4 is 5.91 Å². The van der Waals surface area contributed by atoms with Crippen molar-refractivity contribution in [3.63, 3.8) is 0 Å². The maximum Gasteiger partial charge on any atom is 0.271 e. The van der Waals surface area contributed by atoms with E-state index in [1.165, 1.54) is 6.20 Å². The van der Waals surface area contributed by atoms with Gasteiger partial charge in [-0.25, -0.2) is 4.98 Å². The second-order valence-electron chi connectivity index (χ2n) is 3.94. The highest BCUT2D eigenvalue weighted by Crippen LogP contribution is 2.13. The minimum absolute atomic E-state index is 0.185. The molecule has 0 aliphatic rings. The van der Waals surface area contributed by atoms with E-state index in [1.807, 2.05) is 13.8 Å². The van der Waals surface area contributed by atoms with Gasteiger partial charge in [-0.3, -0.25) is 9.59 Å². The number of hydrogen-bond acceptors (Lipinski definition) is 4. The van der Waals surface area contributed by atoms with Gasteiger partial charge in [0.15, 0.2) is 0 Å². The minimum Gasteiger partial charge on any atom is -0.344 e. The van der Waals surface area contributed by atoms with Gasteiger partial charge in [-0.15, -0.1) is 0 Å². The second-order valence-corrected chi connectivity index (χ2v) is 3.94. The highest BCUT2D eigenvalue weighted by atomic mass is 16.2. The van der Waals surface area contributed by atoms with Crippen molar-refractivity contribution in [2.24, 2.45) is 5.73 Å². The van der Waals surface area contributed by atoms with E-state index in [9.17, 15) is 9.59 Å². The first-order valence-corrected chi connectivity index (χ1v) is 5.64. The molecule has 0 aromatic carbocycles. The van der Waals surface area contributed by atoms with Gasteiger partial charge in [0, 0.05) is 12.7 Å². The molecule has 1 heterocycles. The van der Waals surface area contributed by atoms with Crippen molar-refractivity contribution in [3.05, 3.63) is 28.4 Å². The van der Waals surface area contributed by atoms with E-state index >= 15 is 0 Å². The van der Waals surface area contributed by atoms with Gasteiger partial charge in [-0.05, 0) is 12.8 Å². The molecule has 1 rings (SSSR count). The zero-order valence-electron chi connectivity index (χ0n) is 10.1. The van der Waals surface area contributed by atoms with E-state index in [0.29, 0.717) is 6.54 Å². The topological polar surface area (TPSA) is 101 Å². The monoisotopic (exact) mass is 238 g/mol. The summed E-state index contributed by atoms with van der Waals surface area (Å²) < 4.78 is 0. The Morgan fingerprint density at radius 3 is 2.59 bits per heavy atom. The van der Waals surface area contributed by atoms with Crippen LogP contribution in [-0.2, 0) is 0 Å². The third kappa shape index (κ3) is 3.13. The van der Waals surface area contributed by atoms with Crippen molar-refractivity contribution in [2.75, 3.05) is 6.54 Å². The fourth-order valence-corrected chi connectivity index (χ4v) is 1.54. The van der Waals surface area contributed by atoms with Crippen LogP contribution in [0.15, 0.2) is 17.2 Å². The van der Waals surface area contributed by atoms with Gasteiger partial charge in [0.05, 0.1) is 11.7 Å². The van der Waals surface area contributed by atoms with Crippen molar-refractivity contribution in [1.29, 1.82) is 0 Å². The van der Waals surface area contributed by atoms with E-state index in [4.69, 9.17) is 5.73 Å². The molecule has 0 radical (unpaired) electrons. The Labute approximate surface area is 99.6 Å². The standard InChI is InChI=1S/C11H18N4O2/c1-3-11(4-2,7-12)15-10(17)8-5-14-9(16)6-13-8/h5-6H,3-4,7,12H2,1-2H3,(H,14,16)(H,15,17). The molecule has 1 amide bonds. The predicted molar refractivity (Wildman–Crippen MR) is 64.7 cm³/mol. The number of carbonyl (C=O) groups is 1. The lowest BCUT2D eigenvalue weighted by Crippen LogP contribution is -2.53.